The van der Waals surface area contributed by atoms with Crippen LogP contribution in [0, 0.1) is 0 Å². The number of carbonyl (C=O) groups is 2. The van der Waals surface area contributed by atoms with E-state index in [0.717, 1.165) is 11.1 Å². The van der Waals surface area contributed by atoms with Crippen LogP contribution in [0.5, 0.6) is 5.75 Å². The van der Waals surface area contributed by atoms with E-state index in [1.54, 1.807) is 59.7 Å². The number of phosphoric acid groups is 1. The zero-order valence-electron chi connectivity index (χ0n) is 18.8. The van der Waals surface area contributed by atoms with Crippen molar-refractivity contribution in [2.75, 3.05) is 0 Å². The van der Waals surface area contributed by atoms with Crippen LogP contribution in [0.15, 0.2) is 18.2 Å². The van der Waals surface area contributed by atoms with Gasteiger partial charge < -0.3 is 15.6 Å². The maximum Gasteiger partial charge on any atom is 0.531 e. The predicted octanol–water partition coefficient (Wildman–Crippen LogP) is 3.82. The number of fused-ring (bicyclic) bond motifs is 1. The van der Waals surface area contributed by atoms with Crippen LogP contribution in [0.3, 0.4) is 0 Å². The lowest BCUT2D eigenvalue weighted by Crippen LogP contribution is -2.47. The second kappa shape index (κ2) is 8.69. The van der Waals surface area contributed by atoms with Crippen LogP contribution in [-0.2, 0) is 29.6 Å². The first kappa shape index (κ1) is 24.4. The molecule has 0 spiro atoms. The molecule has 1 aliphatic rings. The molecule has 1 aromatic rings. The Kier molecular flexibility index (Phi) is 7.06. The van der Waals surface area contributed by atoms with E-state index in [1.165, 1.54) is 6.92 Å². The van der Waals surface area contributed by atoms with E-state index in [1.807, 2.05) is 0 Å². The minimum absolute atomic E-state index is 0.223. The molecule has 8 nitrogen and oxygen atoms in total. The van der Waals surface area contributed by atoms with E-state index in [9.17, 15) is 14.2 Å². The van der Waals surface area contributed by atoms with Gasteiger partial charge in [0.25, 0.3) is 0 Å². The van der Waals surface area contributed by atoms with E-state index in [4.69, 9.17) is 19.3 Å². The third-order valence-electron chi connectivity index (χ3n) is 4.29. The maximum atomic E-state index is 13.3. The van der Waals surface area contributed by atoms with Crippen molar-refractivity contribution in [3.63, 3.8) is 0 Å². The van der Waals surface area contributed by atoms with Crippen molar-refractivity contribution in [3.8, 4) is 5.75 Å². The van der Waals surface area contributed by atoms with E-state index in [2.05, 4.69) is 5.32 Å². The molecule has 168 valence electrons. The van der Waals surface area contributed by atoms with Crippen molar-refractivity contribution in [2.45, 2.75) is 84.5 Å². The standard InChI is InChI=1S/C21H33N2O6P/c1-13(24)23-18(19(22)25)17-10-8-14-12-15(9-11-16(14)17)27-30(26,28-20(2,3)4)29-21(5,6)7/h9,11-12,17-18H,8,10H2,1-7H3,(H2,22,25)(H,23,24)/t17-,18+/m1/s1. The van der Waals surface area contributed by atoms with Crippen LogP contribution in [-0.4, -0.2) is 29.1 Å². The SMILES string of the molecule is CC(=O)N[C@H](C(N)=O)[C@@H]1CCc2cc(OP(=O)(OC(C)(C)C)OC(C)(C)C)ccc21. The molecule has 0 unspecified atom stereocenters. The van der Waals surface area contributed by atoms with Crippen molar-refractivity contribution in [3.05, 3.63) is 29.3 Å². The van der Waals surface area contributed by atoms with Crippen LogP contribution >= 0.6 is 7.82 Å². The summed E-state index contributed by atoms with van der Waals surface area (Å²) in [6.45, 7) is 12.0. The second-order valence-corrected chi connectivity index (χ2v) is 11.0. The van der Waals surface area contributed by atoms with Gasteiger partial charge in [-0.1, -0.05) is 6.07 Å². The quantitative estimate of drug-likeness (QED) is 0.623. The number of aryl methyl sites for hydroxylation is 1. The highest BCUT2D eigenvalue weighted by molar-refractivity contribution is 7.49. The first-order valence-electron chi connectivity index (χ1n) is 9.99. The number of hydrogen-bond acceptors (Lipinski definition) is 6. The fraction of sp³-hybridized carbons (Fsp3) is 0.619. The van der Waals surface area contributed by atoms with Gasteiger partial charge in [0.05, 0.1) is 11.2 Å². The molecule has 2 atom stereocenters. The lowest BCUT2D eigenvalue weighted by Gasteiger charge is -2.31. The molecule has 1 aromatic carbocycles. The normalized spacial score (nSPS) is 17.9. The maximum absolute atomic E-state index is 13.3. The van der Waals surface area contributed by atoms with Crippen molar-refractivity contribution >= 4 is 19.6 Å². The molecular weight excluding hydrogens is 407 g/mol. The number of nitrogens with one attached hydrogen (secondary N) is 1. The summed E-state index contributed by atoms with van der Waals surface area (Å²) in [5.74, 6) is -0.767. The van der Waals surface area contributed by atoms with Gasteiger partial charge in [-0.2, -0.15) is 0 Å². The van der Waals surface area contributed by atoms with Crippen molar-refractivity contribution < 1.29 is 27.7 Å². The molecule has 30 heavy (non-hydrogen) atoms. The Hall–Kier alpha value is -1.89. The Balaban J connectivity index is 2.30. The van der Waals surface area contributed by atoms with E-state index in [-0.39, 0.29) is 11.8 Å². The zero-order chi connectivity index (χ0) is 22.9. The van der Waals surface area contributed by atoms with Crippen LogP contribution in [0.25, 0.3) is 0 Å². The molecule has 0 heterocycles. The minimum Gasteiger partial charge on any atom is -0.404 e. The van der Waals surface area contributed by atoms with Gasteiger partial charge in [0, 0.05) is 12.8 Å². The molecule has 0 radical (unpaired) electrons. The first-order valence-corrected chi connectivity index (χ1v) is 11.4. The van der Waals surface area contributed by atoms with Crippen molar-refractivity contribution in [2.24, 2.45) is 5.73 Å². The molecule has 0 aliphatic heterocycles. The highest BCUT2D eigenvalue weighted by Crippen LogP contribution is 2.55. The average Bonchev–Trinajstić information content (AvgIpc) is 2.90. The summed E-state index contributed by atoms with van der Waals surface area (Å²) in [4.78, 5) is 23.3. The highest BCUT2D eigenvalue weighted by Gasteiger charge is 2.39. The van der Waals surface area contributed by atoms with Crippen molar-refractivity contribution in [1.82, 2.24) is 5.32 Å². The lowest BCUT2D eigenvalue weighted by atomic mass is 9.92. The number of amides is 2. The largest absolute Gasteiger partial charge is 0.531 e. The van der Waals surface area contributed by atoms with Crippen LogP contribution in [0.2, 0.25) is 0 Å². The molecule has 0 saturated carbocycles. The Morgan fingerprint density at radius 1 is 1.13 bits per heavy atom. The first-order chi connectivity index (χ1) is 13.6. The molecule has 2 rings (SSSR count). The number of nitrogens with two attached hydrogens (primary N) is 1. The number of rotatable bonds is 7. The molecule has 0 fully saturated rings. The Morgan fingerprint density at radius 2 is 1.70 bits per heavy atom. The number of benzene rings is 1. The average molecular weight is 440 g/mol. The topological polar surface area (TPSA) is 117 Å². The molecule has 0 saturated heterocycles. The van der Waals surface area contributed by atoms with Crippen molar-refractivity contribution in [1.29, 1.82) is 0 Å². The summed E-state index contributed by atoms with van der Waals surface area (Å²) in [5, 5.41) is 2.64. The third-order valence-corrected chi connectivity index (χ3v) is 6.27. The zero-order valence-corrected chi connectivity index (χ0v) is 19.7. The van der Waals surface area contributed by atoms with Gasteiger partial charge in [-0.05, 0) is 77.6 Å². The molecule has 3 N–H and O–H groups in total. The second-order valence-electron chi connectivity index (χ2n) is 9.53. The van der Waals surface area contributed by atoms with Crippen LogP contribution in [0.4, 0.5) is 0 Å². The summed E-state index contributed by atoms with van der Waals surface area (Å²) in [7, 11) is -3.91. The predicted molar refractivity (Wildman–Crippen MR) is 114 cm³/mol. The number of carbonyl (C=O) groups excluding carboxylic acids is 2. The van der Waals surface area contributed by atoms with Gasteiger partial charge >= 0.3 is 7.82 Å². The van der Waals surface area contributed by atoms with E-state index < -0.39 is 31.0 Å². The van der Waals surface area contributed by atoms with E-state index >= 15 is 0 Å². The molecular formula is C21H33N2O6P. The monoisotopic (exact) mass is 440 g/mol. The smallest absolute Gasteiger partial charge is 0.404 e. The van der Waals surface area contributed by atoms with Crippen LogP contribution < -0.4 is 15.6 Å². The van der Waals surface area contributed by atoms with Gasteiger partial charge in [-0.15, -0.1) is 0 Å². The van der Waals surface area contributed by atoms with Gasteiger partial charge in [0.2, 0.25) is 11.8 Å². The Morgan fingerprint density at radius 3 is 2.17 bits per heavy atom. The number of primary amides is 1. The molecule has 1 aliphatic carbocycles. The molecule has 2 amide bonds. The number of hydrogen-bond donors (Lipinski definition) is 2. The van der Waals surface area contributed by atoms with Gasteiger partial charge in [-0.3, -0.25) is 18.6 Å². The molecule has 9 heteroatoms. The van der Waals surface area contributed by atoms with Crippen LogP contribution in [0.1, 0.15) is 71.9 Å². The van der Waals surface area contributed by atoms with E-state index in [0.29, 0.717) is 18.6 Å². The molecule has 0 bridgehead atoms. The third kappa shape index (κ3) is 6.83. The molecule has 0 aromatic heterocycles. The Labute approximate surface area is 178 Å². The highest BCUT2D eigenvalue weighted by atomic mass is 31.2. The van der Waals surface area contributed by atoms with Gasteiger partial charge in [0.15, 0.2) is 0 Å². The summed E-state index contributed by atoms with van der Waals surface area (Å²) < 4.78 is 30.4. The summed E-state index contributed by atoms with van der Waals surface area (Å²) in [6.07, 6.45) is 1.33. The van der Waals surface area contributed by atoms with Gasteiger partial charge in [0.1, 0.15) is 11.8 Å². The summed E-state index contributed by atoms with van der Waals surface area (Å²) in [6, 6.07) is 4.45. The summed E-state index contributed by atoms with van der Waals surface area (Å²) >= 11 is 0. The minimum atomic E-state index is -3.91. The fourth-order valence-electron chi connectivity index (χ4n) is 3.47. The summed E-state index contributed by atoms with van der Waals surface area (Å²) in [5.41, 5.74) is 5.87. The Bertz CT molecular complexity index is 836. The lowest BCUT2D eigenvalue weighted by molar-refractivity contribution is -0.126. The fourth-order valence-corrected chi connectivity index (χ4v) is 5.30. The number of phosphoric ester groups is 1. The van der Waals surface area contributed by atoms with Gasteiger partial charge in [-0.25, -0.2) is 4.57 Å².